The number of carbonyl (C=O) groups excluding carboxylic acids is 2. The number of hydrogen-bond acceptors (Lipinski definition) is 4. The van der Waals surface area contributed by atoms with Gasteiger partial charge in [0.05, 0.1) is 12.0 Å². The fraction of sp³-hybridized carbons (Fsp3) is 0.263. The zero-order chi connectivity index (χ0) is 18.0. The minimum atomic E-state index is -0.211. The van der Waals surface area contributed by atoms with Gasteiger partial charge in [-0.1, -0.05) is 6.92 Å². The first-order chi connectivity index (χ1) is 12.0. The molecule has 130 valence electrons. The van der Waals surface area contributed by atoms with Gasteiger partial charge in [-0.25, -0.2) is 0 Å². The number of ether oxygens (including phenoxy) is 1. The Hall–Kier alpha value is -2.47. The summed E-state index contributed by atoms with van der Waals surface area (Å²) in [6.45, 7) is 4.41. The van der Waals surface area contributed by atoms with Crippen LogP contribution in [0, 0.1) is 6.92 Å². The average Bonchev–Trinajstić information content (AvgIpc) is 3.10. The van der Waals surface area contributed by atoms with E-state index >= 15 is 0 Å². The fourth-order valence-corrected chi connectivity index (χ4v) is 3.66. The normalized spacial score (nSPS) is 16.1. The molecule has 1 fully saturated rings. The Kier molecular flexibility index (Phi) is 4.99. The first-order valence-electron chi connectivity index (χ1n) is 8.13. The van der Waals surface area contributed by atoms with Gasteiger partial charge in [0.1, 0.15) is 5.75 Å². The molecule has 0 radical (unpaired) electrons. The van der Waals surface area contributed by atoms with Crippen molar-refractivity contribution >= 4 is 29.0 Å². The lowest BCUT2D eigenvalue weighted by Gasteiger charge is -2.11. The van der Waals surface area contributed by atoms with Gasteiger partial charge in [0.15, 0.2) is 0 Å². The molecule has 2 aromatic rings. The highest BCUT2D eigenvalue weighted by Gasteiger charge is 2.34. The van der Waals surface area contributed by atoms with E-state index in [9.17, 15) is 9.59 Å². The standard InChI is InChI=1S/C19H20N2O3S/c1-4-11-20-18(22)17(25-19(20)23)12-15-6-5-13(2)21(15)14-7-9-16(24-3)10-8-14/h5-10,12H,4,11H2,1-3H3/b17-12-. The van der Waals surface area contributed by atoms with Crippen LogP contribution >= 0.6 is 11.8 Å². The quantitative estimate of drug-likeness (QED) is 0.752. The van der Waals surface area contributed by atoms with Crippen LogP contribution in [0.5, 0.6) is 5.75 Å². The third kappa shape index (κ3) is 3.35. The van der Waals surface area contributed by atoms with Crippen LogP contribution in [0.1, 0.15) is 24.7 Å². The van der Waals surface area contributed by atoms with Crippen molar-refractivity contribution in [1.29, 1.82) is 0 Å². The number of amides is 2. The number of rotatable bonds is 5. The summed E-state index contributed by atoms with van der Waals surface area (Å²) in [5, 5.41) is -0.197. The molecule has 0 saturated carbocycles. The van der Waals surface area contributed by atoms with Gasteiger partial charge in [-0.05, 0) is 67.6 Å². The average molecular weight is 356 g/mol. The Bertz CT molecular complexity index is 837. The van der Waals surface area contributed by atoms with Crippen molar-refractivity contribution in [1.82, 2.24) is 9.47 Å². The van der Waals surface area contributed by atoms with Crippen LogP contribution in [0.15, 0.2) is 41.3 Å². The molecule has 2 amide bonds. The molecule has 25 heavy (non-hydrogen) atoms. The monoisotopic (exact) mass is 356 g/mol. The molecule has 2 heterocycles. The summed E-state index contributed by atoms with van der Waals surface area (Å²) in [7, 11) is 1.63. The molecule has 3 rings (SSSR count). The predicted octanol–water partition coefficient (Wildman–Crippen LogP) is 4.24. The molecule has 1 aromatic heterocycles. The van der Waals surface area contributed by atoms with Crippen molar-refractivity contribution in [3.63, 3.8) is 0 Å². The second-order valence-electron chi connectivity index (χ2n) is 5.77. The maximum Gasteiger partial charge on any atom is 0.293 e. The Morgan fingerprint density at radius 3 is 2.48 bits per heavy atom. The summed E-state index contributed by atoms with van der Waals surface area (Å²) in [5.41, 5.74) is 2.89. The summed E-state index contributed by atoms with van der Waals surface area (Å²) in [6.07, 6.45) is 2.55. The van der Waals surface area contributed by atoms with E-state index in [1.807, 2.05) is 54.8 Å². The number of methoxy groups -OCH3 is 1. The zero-order valence-corrected chi connectivity index (χ0v) is 15.3. The van der Waals surface area contributed by atoms with Crippen LogP contribution in [0.4, 0.5) is 4.79 Å². The lowest BCUT2D eigenvalue weighted by Crippen LogP contribution is -2.28. The van der Waals surface area contributed by atoms with E-state index in [1.54, 1.807) is 13.2 Å². The maximum absolute atomic E-state index is 12.4. The van der Waals surface area contributed by atoms with E-state index in [-0.39, 0.29) is 11.1 Å². The topological polar surface area (TPSA) is 51.5 Å². The number of aromatic nitrogens is 1. The van der Waals surface area contributed by atoms with E-state index in [2.05, 4.69) is 0 Å². The molecule has 0 bridgehead atoms. The van der Waals surface area contributed by atoms with E-state index in [0.717, 1.165) is 41.0 Å². The zero-order valence-electron chi connectivity index (χ0n) is 14.5. The van der Waals surface area contributed by atoms with Gasteiger partial charge in [0.25, 0.3) is 11.1 Å². The van der Waals surface area contributed by atoms with Crippen LogP contribution in [0.25, 0.3) is 11.8 Å². The van der Waals surface area contributed by atoms with Crippen LogP contribution in [0.3, 0.4) is 0 Å². The summed E-state index contributed by atoms with van der Waals surface area (Å²) < 4.78 is 7.25. The molecule has 0 unspecified atom stereocenters. The summed E-state index contributed by atoms with van der Waals surface area (Å²) in [6, 6.07) is 11.7. The minimum absolute atomic E-state index is 0.197. The smallest absolute Gasteiger partial charge is 0.293 e. The highest BCUT2D eigenvalue weighted by Crippen LogP contribution is 2.33. The van der Waals surface area contributed by atoms with E-state index in [0.29, 0.717) is 11.4 Å². The Balaban J connectivity index is 1.97. The molecule has 0 aliphatic carbocycles. The van der Waals surface area contributed by atoms with Crippen LogP contribution in [0.2, 0.25) is 0 Å². The molecule has 0 spiro atoms. The number of hydrogen-bond donors (Lipinski definition) is 0. The molecule has 6 heteroatoms. The predicted molar refractivity (Wildman–Crippen MR) is 100 cm³/mol. The number of imide groups is 1. The first kappa shape index (κ1) is 17.4. The van der Waals surface area contributed by atoms with Gasteiger partial charge in [-0.2, -0.15) is 0 Å². The molecule has 1 aliphatic rings. The Morgan fingerprint density at radius 2 is 1.84 bits per heavy atom. The van der Waals surface area contributed by atoms with E-state index in [4.69, 9.17) is 4.74 Å². The Morgan fingerprint density at radius 1 is 1.12 bits per heavy atom. The van der Waals surface area contributed by atoms with Crippen molar-refractivity contribution in [2.75, 3.05) is 13.7 Å². The van der Waals surface area contributed by atoms with Gasteiger partial charge in [-0.15, -0.1) is 0 Å². The lowest BCUT2D eigenvalue weighted by atomic mass is 10.2. The van der Waals surface area contributed by atoms with Crippen molar-refractivity contribution < 1.29 is 14.3 Å². The second-order valence-corrected chi connectivity index (χ2v) is 6.76. The van der Waals surface area contributed by atoms with Crippen molar-refractivity contribution in [2.24, 2.45) is 0 Å². The number of thioether (sulfide) groups is 1. The molecule has 0 atom stereocenters. The van der Waals surface area contributed by atoms with Crippen LogP contribution in [-0.2, 0) is 4.79 Å². The fourth-order valence-electron chi connectivity index (χ4n) is 2.81. The number of nitrogens with zero attached hydrogens (tertiary/aromatic N) is 2. The SMILES string of the molecule is CCCN1C(=O)S/C(=C\c2ccc(C)n2-c2ccc(OC)cc2)C1=O. The number of benzene rings is 1. The number of carbonyl (C=O) groups is 2. The highest BCUT2D eigenvalue weighted by atomic mass is 32.2. The van der Waals surface area contributed by atoms with Crippen molar-refractivity contribution in [3.8, 4) is 11.4 Å². The third-order valence-corrected chi connectivity index (χ3v) is 4.94. The van der Waals surface area contributed by atoms with Gasteiger partial charge in [0.2, 0.25) is 0 Å². The Labute approximate surface area is 151 Å². The molecular formula is C19H20N2O3S. The van der Waals surface area contributed by atoms with Gasteiger partial charge < -0.3 is 9.30 Å². The molecule has 1 aromatic carbocycles. The van der Waals surface area contributed by atoms with Gasteiger partial charge in [0, 0.05) is 23.6 Å². The van der Waals surface area contributed by atoms with Gasteiger partial charge >= 0.3 is 0 Å². The second kappa shape index (κ2) is 7.19. The summed E-state index contributed by atoms with van der Waals surface area (Å²) in [5.74, 6) is 0.577. The summed E-state index contributed by atoms with van der Waals surface area (Å²) >= 11 is 1.00. The highest BCUT2D eigenvalue weighted by molar-refractivity contribution is 8.18. The van der Waals surface area contributed by atoms with Gasteiger partial charge in [-0.3, -0.25) is 14.5 Å². The summed E-state index contributed by atoms with van der Waals surface area (Å²) in [4.78, 5) is 26.2. The van der Waals surface area contributed by atoms with Crippen LogP contribution < -0.4 is 4.74 Å². The molecule has 5 nitrogen and oxygen atoms in total. The molecular weight excluding hydrogens is 336 g/mol. The maximum atomic E-state index is 12.4. The van der Waals surface area contributed by atoms with E-state index in [1.165, 1.54) is 4.90 Å². The lowest BCUT2D eigenvalue weighted by molar-refractivity contribution is -0.122. The van der Waals surface area contributed by atoms with Crippen molar-refractivity contribution in [2.45, 2.75) is 20.3 Å². The number of aryl methyl sites for hydroxylation is 1. The molecule has 1 aliphatic heterocycles. The minimum Gasteiger partial charge on any atom is -0.497 e. The van der Waals surface area contributed by atoms with Crippen molar-refractivity contribution in [3.05, 3.63) is 52.7 Å². The third-order valence-electron chi connectivity index (χ3n) is 4.04. The molecule has 1 saturated heterocycles. The molecule has 0 N–H and O–H groups in total. The largest absolute Gasteiger partial charge is 0.497 e. The van der Waals surface area contributed by atoms with Crippen LogP contribution in [-0.4, -0.2) is 34.3 Å². The van der Waals surface area contributed by atoms with E-state index < -0.39 is 0 Å². The first-order valence-corrected chi connectivity index (χ1v) is 8.95.